The molecule has 1 aromatic heterocycles. The quantitative estimate of drug-likeness (QED) is 0.736. The van der Waals surface area contributed by atoms with Gasteiger partial charge in [0.1, 0.15) is 5.69 Å². The van der Waals surface area contributed by atoms with Gasteiger partial charge in [-0.05, 0) is 6.42 Å². The molecule has 1 aliphatic rings. The van der Waals surface area contributed by atoms with Crippen molar-refractivity contribution in [2.45, 2.75) is 19.4 Å². The summed E-state index contributed by atoms with van der Waals surface area (Å²) in [6, 6.07) is 0. The second kappa shape index (κ2) is 4.52. The predicted octanol–water partition coefficient (Wildman–Crippen LogP) is -0.0327. The number of hydrogen-bond acceptors (Lipinski definition) is 5. The molecule has 0 aliphatic carbocycles. The first-order valence-electron chi connectivity index (χ1n) is 5.42. The van der Waals surface area contributed by atoms with E-state index in [4.69, 9.17) is 10.5 Å². The van der Waals surface area contributed by atoms with E-state index in [2.05, 4.69) is 16.9 Å². The molecule has 1 fully saturated rings. The fourth-order valence-corrected chi connectivity index (χ4v) is 1.81. The number of morpholine rings is 1. The molecule has 1 unspecified atom stereocenters. The summed E-state index contributed by atoms with van der Waals surface area (Å²) in [5.74, 6) is 0.561. The molecular formula is C10H16N4O2. The smallest absolute Gasteiger partial charge is 0.276 e. The number of anilines is 2. The Balaban J connectivity index is 2.23. The molecular weight excluding hydrogens is 208 g/mol. The van der Waals surface area contributed by atoms with E-state index in [1.54, 1.807) is 0 Å². The summed E-state index contributed by atoms with van der Waals surface area (Å²) in [5.41, 5.74) is 5.60. The van der Waals surface area contributed by atoms with Crippen molar-refractivity contribution < 1.29 is 4.74 Å². The lowest BCUT2D eigenvalue weighted by Crippen LogP contribution is -2.43. The minimum Gasteiger partial charge on any atom is -0.391 e. The van der Waals surface area contributed by atoms with Gasteiger partial charge in [0, 0.05) is 13.1 Å². The van der Waals surface area contributed by atoms with E-state index in [0.29, 0.717) is 12.4 Å². The van der Waals surface area contributed by atoms with Gasteiger partial charge in [0.15, 0.2) is 5.82 Å². The third-order valence-corrected chi connectivity index (χ3v) is 2.76. The fourth-order valence-electron chi connectivity index (χ4n) is 1.81. The standard InChI is InChI=1S/C10H16N4O2/c1-2-7-5-14(3-4-16-7)9-8(11)10(15)13-6-12-9/h6-7H,2-5,11H2,1H3,(H,12,13,15). The number of nitrogens with two attached hydrogens (primary N) is 1. The first-order valence-corrected chi connectivity index (χ1v) is 5.42. The van der Waals surface area contributed by atoms with Gasteiger partial charge < -0.3 is 20.4 Å². The van der Waals surface area contributed by atoms with Crippen molar-refractivity contribution in [3.8, 4) is 0 Å². The molecule has 1 aliphatic heterocycles. The molecule has 6 heteroatoms. The monoisotopic (exact) mass is 224 g/mol. The van der Waals surface area contributed by atoms with Crippen LogP contribution >= 0.6 is 0 Å². The van der Waals surface area contributed by atoms with Gasteiger partial charge in [-0.1, -0.05) is 6.92 Å². The zero-order chi connectivity index (χ0) is 11.5. The van der Waals surface area contributed by atoms with E-state index in [1.807, 2.05) is 4.90 Å². The van der Waals surface area contributed by atoms with Crippen molar-refractivity contribution in [2.24, 2.45) is 0 Å². The molecule has 0 aromatic carbocycles. The van der Waals surface area contributed by atoms with Gasteiger partial charge in [-0.2, -0.15) is 0 Å². The van der Waals surface area contributed by atoms with Crippen LogP contribution < -0.4 is 16.2 Å². The molecule has 0 amide bonds. The number of aromatic amines is 1. The first-order chi connectivity index (χ1) is 7.72. The highest BCUT2D eigenvalue weighted by Gasteiger charge is 2.22. The van der Waals surface area contributed by atoms with Crippen molar-refractivity contribution in [3.05, 3.63) is 16.7 Å². The van der Waals surface area contributed by atoms with Crippen LogP contribution in [0.25, 0.3) is 0 Å². The van der Waals surface area contributed by atoms with Crippen LogP contribution in [0.1, 0.15) is 13.3 Å². The molecule has 16 heavy (non-hydrogen) atoms. The maximum Gasteiger partial charge on any atom is 0.276 e. The minimum absolute atomic E-state index is 0.180. The van der Waals surface area contributed by atoms with Crippen molar-refractivity contribution >= 4 is 11.5 Å². The van der Waals surface area contributed by atoms with Crippen LogP contribution in [0.4, 0.5) is 11.5 Å². The van der Waals surface area contributed by atoms with Gasteiger partial charge in [-0.25, -0.2) is 4.98 Å². The van der Waals surface area contributed by atoms with Crippen LogP contribution in [0.3, 0.4) is 0 Å². The molecule has 88 valence electrons. The molecule has 0 radical (unpaired) electrons. The van der Waals surface area contributed by atoms with Crippen LogP contribution in [0, 0.1) is 0 Å². The number of nitrogen functional groups attached to an aromatic ring is 1. The second-order valence-electron chi connectivity index (χ2n) is 3.82. The third kappa shape index (κ3) is 2.01. The van der Waals surface area contributed by atoms with Crippen LogP contribution in [-0.2, 0) is 4.74 Å². The number of aromatic nitrogens is 2. The number of rotatable bonds is 2. The number of H-pyrrole nitrogens is 1. The van der Waals surface area contributed by atoms with E-state index in [-0.39, 0.29) is 17.4 Å². The molecule has 0 spiro atoms. The maximum absolute atomic E-state index is 11.4. The summed E-state index contributed by atoms with van der Waals surface area (Å²) in [7, 11) is 0. The SMILES string of the molecule is CCC1CN(c2nc[nH]c(=O)c2N)CCO1. The molecule has 6 nitrogen and oxygen atoms in total. The predicted molar refractivity (Wildman–Crippen MR) is 61.5 cm³/mol. The Morgan fingerprint density at radius 3 is 3.31 bits per heavy atom. The summed E-state index contributed by atoms with van der Waals surface area (Å²) >= 11 is 0. The minimum atomic E-state index is -0.287. The Morgan fingerprint density at radius 2 is 2.56 bits per heavy atom. The van der Waals surface area contributed by atoms with Crippen LogP contribution in [-0.4, -0.2) is 35.8 Å². The van der Waals surface area contributed by atoms with Gasteiger partial charge in [-0.15, -0.1) is 0 Å². The summed E-state index contributed by atoms with van der Waals surface area (Å²) in [6.07, 6.45) is 2.51. The number of hydrogen-bond donors (Lipinski definition) is 2. The maximum atomic E-state index is 11.4. The highest BCUT2D eigenvalue weighted by molar-refractivity contribution is 5.61. The Bertz CT molecular complexity index is 418. The molecule has 3 N–H and O–H groups in total. The van der Waals surface area contributed by atoms with Gasteiger partial charge in [0.25, 0.3) is 5.56 Å². The van der Waals surface area contributed by atoms with E-state index >= 15 is 0 Å². The van der Waals surface area contributed by atoms with Crippen molar-refractivity contribution in [1.82, 2.24) is 9.97 Å². The largest absolute Gasteiger partial charge is 0.391 e. The molecule has 1 aromatic rings. The highest BCUT2D eigenvalue weighted by atomic mass is 16.5. The van der Waals surface area contributed by atoms with Crippen LogP contribution in [0.5, 0.6) is 0 Å². The molecule has 0 bridgehead atoms. The first kappa shape index (κ1) is 10.9. The van der Waals surface area contributed by atoms with Gasteiger partial charge in [0.05, 0.1) is 19.0 Å². The molecule has 2 heterocycles. The van der Waals surface area contributed by atoms with E-state index in [0.717, 1.165) is 19.5 Å². The zero-order valence-electron chi connectivity index (χ0n) is 9.27. The lowest BCUT2D eigenvalue weighted by Gasteiger charge is -2.33. The lowest BCUT2D eigenvalue weighted by molar-refractivity contribution is 0.0382. The average molecular weight is 224 g/mol. The topological polar surface area (TPSA) is 84.2 Å². The molecule has 1 saturated heterocycles. The van der Waals surface area contributed by atoms with Crippen LogP contribution in [0.15, 0.2) is 11.1 Å². The molecule has 1 atom stereocenters. The van der Waals surface area contributed by atoms with Gasteiger partial charge >= 0.3 is 0 Å². The van der Waals surface area contributed by atoms with E-state index in [9.17, 15) is 4.79 Å². The Labute approximate surface area is 93.4 Å². The zero-order valence-corrected chi connectivity index (χ0v) is 9.27. The number of ether oxygens (including phenoxy) is 1. The normalized spacial score (nSPS) is 21.1. The van der Waals surface area contributed by atoms with Gasteiger partial charge in [-0.3, -0.25) is 4.79 Å². The summed E-state index contributed by atoms with van der Waals surface area (Å²) in [4.78, 5) is 19.9. The highest BCUT2D eigenvalue weighted by Crippen LogP contribution is 2.19. The molecule has 0 saturated carbocycles. The lowest BCUT2D eigenvalue weighted by atomic mass is 10.2. The van der Waals surface area contributed by atoms with E-state index < -0.39 is 0 Å². The second-order valence-corrected chi connectivity index (χ2v) is 3.82. The number of nitrogens with one attached hydrogen (secondary N) is 1. The summed E-state index contributed by atoms with van der Waals surface area (Å²) in [5, 5.41) is 0. The van der Waals surface area contributed by atoms with Crippen LogP contribution in [0.2, 0.25) is 0 Å². The van der Waals surface area contributed by atoms with Gasteiger partial charge in [0.2, 0.25) is 0 Å². The van der Waals surface area contributed by atoms with Crippen molar-refractivity contribution in [3.63, 3.8) is 0 Å². The summed E-state index contributed by atoms with van der Waals surface area (Å²) < 4.78 is 5.55. The Kier molecular flexibility index (Phi) is 3.09. The fraction of sp³-hybridized carbons (Fsp3) is 0.600. The molecule has 2 rings (SSSR count). The summed E-state index contributed by atoms with van der Waals surface area (Å²) in [6.45, 7) is 4.17. The average Bonchev–Trinajstić information content (AvgIpc) is 2.33. The Hall–Kier alpha value is -1.56. The Morgan fingerprint density at radius 1 is 1.75 bits per heavy atom. The third-order valence-electron chi connectivity index (χ3n) is 2.76. The van der Waals surface area contributed by atoms with Crippen molar-refractivity contribution in [1.29, 1.82) is 0 Å². The van der Waals surface area contributed by atoms with E-state index in [1.165, 1.54) is 6.33 Å². The van der Waals surface area contributed by atoms with Crippen molar-refractivity contribution in [2.75, 3.05) is 30.3 Å². The number of nitrogens with zero attached hydrogens (tertiary/aromatic N) is 2.